The van der Waals surface area contributed by atoms with Crippen molar-refractivity contribution in [2.24, 2.45) is 0 Å². The number of nitrogens with one attached hydrogen (secondary N) is 1. The Bertz CT molecular complexity index is 520. The first kappa shape index (κ1) is 13.7. The van der Waals surface area contributed by atoms with E-state index < -0.39 is 0 Å². The average Bonchev–Trinajstić information content (AvgIpc) is 2.90. The van der Waals surface area contributed by atoms with Crippen LogP contribution in [-0.2, 0) is 6.42 Å². The first-order valence-electron chi connectivity index (χ1n) is 6.27. The van der Waals surface area contributed by atoms with Crippen molar-refractivity contribution in [3.63, 3.8) is 0 Å². The third kappa shape index (κ3) is 4.17. The molecule has 0 aliphatic heterocycles. The normalized spacial score (nSPS) is 12.1. The van der Waals surface area contributed by atoms with Crippen LogP contribution in [0, 0.1) is 0 Å². The second-order valence-electron chi connectivity index (χ2n) is 4.54. The molecule has 19 heavy (non-hydrogen) atoms. The SMILES string of the molecule is CC(CCc1ccco1)NC(=O)c1ccc(S)cc1. The second-order valence-corrected chi connectivity index (χ2v) is 5.06. The van der Waals surface area contributed by atoms with E-state index >= 15 is 0 Å². The summed E-state index contributed by atoms with van der Waals surface area (Å²) in [5, 5.41) is 2.97. The summed E-state index contributed by atoms with van der Waals surface area (Å²) in [6.45, 7) is 1.99. The lowest BCUT2D eigenvalue weighted by Gasteiger charge is -2.13. The molecule has 3 nitrogen and oxygen atoms in total. The number of carbonyl (C=O) groups is 1. The molecule has 1 aromatic heterocycles. The summed E-state index contributed by atoms with van der Waals surface area (Å²) >= 11 is 4.20. The molecule has 1 N–H and O–H groups in total. The quantitative estimate of drug-likeness (QED) is 0.822. The maximum atomic E-state index is 12.0. The van der Waals surface area contributed by atoms with E-state index in [0.29, 0.717) is 5.56 Å². The molecule has 2 rings (SSSR count). The number of carbonyl (C=O) groups excluding carboxylic acids is 1. The molecule has 1 aromatic carbocycles. The van der Waals surface area contributed by atoms with Gasteiger partial charge in [-0.15, -0.1) is 12.6 Å². The highest BCUT2D eigenvalue weighted by atomic mass is 32.1. The first-order chi connectivity index (χ1) is 9.15. The summed E-state index contributed by atoms with van der Waals surface area (Å²) in [6, 6.07) is 11.1. The van der Waals surface area contributed by atoms with Gasteiger partial charge in [0, 0.05) is 22.9 Å². The smallest absolute Gasteiger partial charge is 0.251 e. The van der Waals surface area contributed by atoms with Gasteiger partial charge in [0.25, 0.3) is 5.91 Å². The van der Waals surface area contributed by atoms with Crippen molar-refractivity contribution in [2.45, 2.75) is 30.7 Å². The van der Waals surface area contributed by atoms with Gasteiger partial charge in [-0.1, -0.05) is 0 Å². The van der Waals surface area contributed by atoms with E-state index in [-0.39, 0.29) is 11.9 Å². The highest BCUT2D eigenvalue weighted by molar-refractivity contribution is 7.80. The minimum Gasteiger partial charge on any atom is -0.469 e. The number of hydrogen-bond acceptors (Lipinski definition) is 3. The molecule has 1 amide bonds. The van der Waals surface area contributed by atoms with Crippen molar-refractivity contribution in [3.8, 4) is 0 Å². The van der Waals surface area contributed by atoms with Crippen molar-refractivity contribution >= 4 is 18.5 Å². The molecule has 4 heteroatoms. The fourth-order valence-corrected chi connectivity index (χ4v) is 1.95. The van der Waals surface area contributed by atoms with Crippen molar-refractivity contribution in [3.05, 3.63) is 54.0 Å². The van der Waals surface area contributed by atoms with Crippen LogP contribution in [0.25, 0.3) is 0 Å². The number of benzene rings is 1. The van der Waals surface area contributed by atoms with Gasteiger partial charge in [0.1, 0.15) is 5.76 Å². The Morgan fingerprint density at radius 3 is 2.68 bits per heavy atom. The van der Waals surface area contributed by atoms with E-state index in [1.807, 2.05) is 31.2 Å². The Morgan fingerprint density at radius 2 is 2.05 bits per heavy atom. The molecule has 0 aliphatic carbocycles. The molecule has 2 aromatic rings. The third-order valence-electron chi connectivity index (χ3n) is 2.91. The fourth-order valence-electron chi connectivity index (χ4n) is 1.81. The Kier molecular flexibility index (Phi) is 4.68. The Labute approximate surface area is 118 Å². The highest BCUT2D eigenvalue weighted by Gasteiger charge is 2.10. The van der Waals surface area contributed by atoms with Crippen LogP contribution in [0.3, 0.4) is 0 Å². The molecule has 0 spiro atoms. The topological polar surface area (TPSA) is 42.2 Å². The molecular weight excluding hydrogens is 258 g/mol. The van der Waals surface area contributed by atoms with Crippen molar-refractivity contribution in [1.82, 2.24) is 5.32 Å². The molecule has 100 valence electrons. The number of rotatable bonds is 5. The van der Waals surface area contributed by atoms with E-state index in [9.17, 15) is 4.79 Å². The molecular formula is C15H17NO2S. The Balaban J connectivity index is 1.83. The van der Waals surface area contributed by atoms with Crippen LogP contribution < -0.4 is 5.32 Å². The fraction of sp³-hybridized carbons (Fsp3) is 0.267. The van der Waals surface area contributed by atoms with Gasteiger partial charge < -0.3 is 9.73 Å². The molecule has 0 aliphatic rings. The molecule has 1 heterocycles. The van der Waals surface area contributed by atoms with E-state index in [2.05, 4.69) is 17.9 Å². The van der Waals surface area contributed by atoms with Gasteiger partial charge in [-0.05, 0) is 49.7 Å². The van der Waals surface area contributed by atoms with Crippen LogP contribution in [0.4, 0.5) is 0 Å². The number of amides is 1. The standard InChI is InChI=1S/C15H17NO2S/c1-11(4-7-13-3-2-10-18-13)16-15(17)12-5-8-14(19)9-6-12/h2-3,5-6,8-11,19H,4,7H2,1H3,(H,16,17). The molecule has 0 fully saturated rings. The monoisotopic (exact) mass is 275 g/mol. The van der Waals surface area contributed by atoms with E-state index in [1.165, 1.54) is 0 Å². The summed E-state index contributed by atoms with van der Waals surface area (Å²) in [5.41, 5.74) is 0.655. The third-order valence-corrected chi connectivity index (χ3v) is 3.21. The summed E-state index contributed by atoms with van der Waals surface area (Å²) in [6.07, 6.45) is 3.34. The van der Waals surface area contributed by atoms with Gasteiger partial charge in [0.05, 0.1) is 6.26 Å². The molecule has 0 bridgehead atoms. The van der Waals surface area contributed by atoms with Crippen LogP contribution in [0.2, 0.25) is 0 Å². The van der Waals surface area contributed by atoms with Crippen molar-refractivity contribution in [1.29, 1.82) is 0 Å². The summed E-state index contributed by atoms with van der Waals surface area (Å²) in [7, 11) is 0. The first-order valence-corrected chi connectivity index (χ1v) is 6.72. The molecule has 1 atom stereocenters. The molecule has 0 radical (unpaired) electrons. The number of aryl methyl sites for hydroxylation is 1. The lowest BCUT2D eigenvalue weighted by molar-refractivity contribution is 0.0938. The predicted octanol–water partition coefficient (Wildman–Crippen LogP) is 3.32. The zero-order valence-corrected chi connectivity index (χ0v) is 11.7. The van der Waals surface area contributed by atoms with Gasteiger partial charge in [0.15, 0.2) is 0 Å². The highest BCUT2D eigenvalue weighted by Crippen LogP contribution is 2.09. The molecule has 0 saturated heterocycles. The maximum absolute atomic E-state index is 12.0. The van der Waals surface area contributed by atoms with Crippen LogP contribution in [0.5, 0.6) is 0 Å². The van der Waals surface area contributed by atoms with Crippen LogP contribution in [0.15, 0.2) is 52.0 Å². The number of furan rings is 1. The van der Waals surface area contributed by atoms with Crippen LogP contribution in [0.1, 0.15) is 29.5 Å². The zero-order valence-electron chi connectivity index (χ0n) is 10.8. The predicted molar refractivity (Wildman–Crippen MR) is 77.7 cm³/mol. The van der Waals surface area contributed by atoms with Gasteiger partial charge in [-0.2, -0.15) is 0 Å². The molecule has 0 saturated carbocycles. The summed E-state index contributed by atoms with van der Waals surface area (Å²) < 4.78 is 5.27. The van der Waals surface area contributed by atoms with Gasteiger partial charge >= 0.3 is 0 Å². The Hall–Kier alpha value is -1.68. The minimum atomic E-state index is -0.0553. The van der Waals surface area contributed by atoms with E-state index in [4.69, 9.17) is 4.42 Å². The second kappa shape index (κ2) is 6.48. The van der Waals surface area contributed by atoms with Crippen LogP contribution in [-0.4, -0.2) is 11.9 Å². The maximum Gasteiger partial charge on any atom is 0.251 e. The summed E-state index contributed by atoms with van der Waals surface area (Å²) in [4.78, 5) is 12.8. The van der Waals surface area contributed by atoms with E-state index in [0.717, 1.165) is 23.5 Å². The summed E-state index contributed by atoms with van der Waals surface area (Å²) in [5.74, 6) is 0.890. The molecule has 1 unspecified atom stereocenters. The minimum absolute atomic E-state index is 0.0553. The lowest BCUT2D eigenvalue weighted by atomic mass is 10.1. The average molecular weight is 275 g/mol. The number of hydrogen-bond donors (Lipinski definition) is 2. The van der Waals surface area contributed by atoms with Crippen LogP contribution >= 0.6 is 12.6 Å². The van der Waals surface area contributed by atoms with Gasteiger partial charge in [0.2, 0.25) is 0 Å². The largest absolute Gasteiger partial charge is 0.469 e. The lowest BCUT2D eigenvalue weighted by Crippen LogP contribution is -2.32. The van der Waals surface area contributed by atoms with E-state index in [1.54, 1.807) is 18.4 Å². The Morgan fingerprint density at radius 1 is 1.32 bits per heavy atom. The van der Waals surface area contributed by atoms with Crippen molar-refractivity contribution < 1.29 is 9.21 Å². The van der Waals surface area contributed by atoms with Gasteiger partial charge in [-0.25, -0.2) is 0 Å². The zero-order chi connectivity index (χ0) is 13.7. The number of thiol groups is 1. The van der Waals surface area contributed by atoms with Crippen molar-refractivity contribution in [2.75, 3.05) is 0 Å². The van der Waals surface area contributed by atoms with Gasteiger partial charge in [-0.3, -0.25) is 4.79 Å².